The van der Waals surface area contributed by atoms with Crippen LogP contribution in [-0.4, -0.2) is 66.1 Å². The molecule has 34 heavy (non-hydrogen) atoms. The number of anilines is 2. The number of rotatable bonds is 6. The molecule has 4 amide bonds. The summed E-state index contributed by atoms with van der Waals surface area (Å²) in [4.78, 5) is 44.9. The number of amides is 4. The number of H-pyrrole nitrogens is 1. The molecule has 2 aliphatic heterocycles. The van der Waals surface area contributed by atoms with Gasteiger partial charge >= 0.3 is 6.03 Å². The lowest BCUT2D eigenvalue weighted by molar-refractivity contribution is -0.133. The van der Waals surface area contributed by atoms with Crippen molar-refractivity contribution in [2.45, 2.75) is 25.4 Å². The zero-order chi connectivity index (χ0) is 23.7. The molecule has 2 aliphatic rings. The van der Waals surface area contributed by atoms with Gasteiger partial charge in [-0.1, -0.05) is 18.2 Å². The molecule has 0 bridgehead atoms. The molecule has 2 unspecified atom stereocenters. The first kappa shape index (κ1) is 22.0. The van der Waals surface area contributed by atoms with Crippen molar-refractivity contribution in [3.8, 4) is 0 Å². The second-order valence-electron chi connectivity index (χ2n) is 8.59. The molecule has 0 saturated carbocycles. The summed E-state index contributed by atoms with van der Waals surface area (Å²) in [5.41, 5.74) is 3.58. The van der Waals surface area contributed by atoms with Crippen LogP contribution in [0, 0.1) is 0 Å². The number of ether oxygens (including phenoxy) is 1. The number of aromatic amines is 1. The average Bonchev–Trinajstić information content (AvgIpc) is 3.39. The van der Waals surface area contributed by atoms with Crippen molar-refractivity contribution >= 4 is 40.1 Å². The topological polar surface area (TPSA) is 107 Å². The first-order valence-electron chi connectivity index (χ1n) is 11.4. The van der Waals surface area contributed by atoms with Crippen LogP contribution in [0.3, 0.4) is 0 Å². The highest BCUT2D eigenvalue weighted by molar-refractivity contribution is 6.09. The van der Waals surface area contributed by atoms with Crippen molar-refractivity contribution in [2.75, 3.05) is 36.5 Å². The summed E-state index contributed by atoms with van der Waals surface area (Å²) in [7, 11) is 0. The van der Waals surface area contributed by atoms with Gasteiger partial charge in [-0.2, -0.15) is 0 Å². The molecule has 5 rings (SSSR count). The van der Waals surface area contributed by atoms with Crippen LogP contribution in [0.2, 0.25) is 0 Å². The fourth-order valence-electron chi connectivity index (χ4n) is 4.51. The van der Waals surface area contributed by atoms with Gasteiger partial charge in [0.2, 0.25) is 5.91 Å². The molecule has 0 aliphatic carbocycles. The molecule has 2 fully saturated rings. The zero-order valence-corrected chi connectivity index (χ0v) is 18.9. The van der Waals surface area contributed by atoms with Crippen LogP contribution in [0.15, 0.2) is 54.7 Å². The molecule has 9 nitrogen and oxygen atoms in total. The fourth-order valence-corrected chi connectivity index (χ4v) is 4.51. The second-order valence-corrected chi connectivity index (χ2v) is 8.59. The van der Waals surface area contributed by atoms with E-state index in [0.29, 0.717) is 25.3 Å². The van der Waals surface area contributed by atoms with E-state index < -0.39 is 29.9 Å². The van der Waals surface area contributed by atoms with Crippen molar-refractivity contribution in [2.24, 2.45) is 0 Å². The third-order valence-electron chi connectivity index (χ3n) is 6.43. The average molecular weight is 462 g/mol. The van der Waals surface area contributed by atoms with Gasteiger partial charge in [-0.05, 0) is 42.8 Å². The number of hydrogen-bond acceptors (Lipinski definition) is 5. The highest BCUT2D eigenvalue weighted by Gasteiger charge is 2.43. The van der Waals surface area contributed by atoms with Gasteiger partial charge in [0.05, 0.1) is 13.2 Å². The second kappa shape index (κ2) is 9.18. The third-order valence-corrected chi connectivity index (χ3v) is 6.43. The number of benzene rings is 2. The number of carbonyl (C=O) groups excluding carboxylic acids is 3. The highest BCUT2D eigenvalue weighted by atomic mass is 16.5. The van der Waals surface area contributed by atoms with E-state index in [-0.39, 0.29) is 0 Å². The number of nitrogens with zero attached hydrogens (tertiary/aromatic N) is 2. The van der Waals surface area contributed by atoms with Gasteiger partial charge < -0.3 is 25.3 Å². The number of imide groups is 1. The number of aromatic nitrogens is 1. The quantitative estimate of drug-likeness (QED) is 0.489. The summed E-state index contributed by atoms with van der Waals surface area (Å²) in [6.07, 6.45) is 2.20. The van der Waals surface area contributed by atoms with Crippen LogP contribution in [-0.2, 0) is 20.7 Å². The maximum absolute atomic E-state index is 13.0. The number of para-hydroxylation sites is 1. The predicted molar refractivity (Wildman–Crippen MR) is 129 cm³/mol. The van der Waals surface area contributed by atoms with E-state index in [0.717, 1.165) is 40.1 Å². The van der Waals surface area contributed by atoms with E-state index >= 15 is 0 Å². The Labute approximate surface area is 197 Å². The van der Waals surface area contributed by atoms with E-state index in [2.05, 4.69) is 20.5 Å². The number of urea groups is 1. The summed E-state index contributed by atoms with van der Waals surface area (Å²) < 4.78 is 5.38. The van der Waals surface area contributed by atoms with Gasteiger partial charge in [0.15, 0.2) is 0 Å². The van der Waals surface area contributed by atoms with Crippen molar-refractivity contribution in [1.82, 2.24) is 15.2 Å². The van der Waals surface area contributed by atoms with E-state index in [1.807, 2.05) is 54.7 Å². The van der Waals surface area contributed by atoms with Crippen molar-refractivity contribution in [3.63, 3.8) is 0 Å². The normalized spacial score (nSPS) is 19.4. The minimum atomic E-state index is -0.945. The van der Waals surface area contributed by atoms with Crippen LogP contribution >= 0.6 is 0 Å². The Balaban J connectivity index is 1.23. The van der Waals surface area contributed by atoms with Crippen LogP contribution in [0.4, 0.5) is 16.2 Å². The van der Waals surface area contributed by atoms with E-state index in [1.54, 1.807) is 6.92 Å². The lowest BCUT2D eigenvalue weighted by Crippen LogP contribution is -2.46. The standard InChI is InChI=1S/C25H27N5O4/c1-16(23(31)27-18-6-8-19(9-7-18)29-10-12-34-13-11-29)30-24(32)22(28-25(30)33)14-17-15-26-21-5-3-2-4-20(17)21/h2-9,15-16,22,26H,10-14H2,1H3,(H,27,31)(H,28,33). The summed E-state index contributed by atoms with van der Waals surface area (Å²) in [6.45, 7) is 4.61. The van der Waals surface area contributed by atoms with Gasteiger partial charge in [0.25, 0.3) is 5.91 Å². The van der Waals surface area contributed by atoms with E-state index in [9.17, 15) is 14.4 Å². The molecular weight excluding hydrogens is 434 g/mol. The van der Waals surface area contributed by atoms with Crippen LogP contribution in [0.25, 0.3) is 10.9 Å². The van der Waals surface area contributed by atoms with Gasteiger partial charge in [-0.15, -0.1) is 0 Å². The monoisotopic (exact) mass is 461 g/mol. The molecule has 3 N–H and O–H groups in total. The molecular formula is C25H27N5O4. The van der Waals surface area contributed by atoms with Crippen LogP contribution in [0.5, 0.6) is 0 Å². The molecule has 9 heteroatoms. The number of hydrogen-bond donors (Lipinski definition) is 3. The Hall–Kier alpha value is -3.85. The summed E-state index contributed by atoms with van der Waals surface area (Å²) >= 11 is 0. The molecule has 0 spiro atoms. The van der Waals surface area contributed by atoms with Gasteiger partial charge in [0, 0.05) is 48.0 Å². The minimum Gasteiger partial charge on any atom is -0.378 e. The van der Waals surface area contributed by atoms with Gasteiger partial charge in [-0.3, -0.25) is 14.5 Å². The molecule has 2 atom stereocenters. The molecule has 2 aromatic carbocycles. The summed E-state index contributed by atoms with van der Waals surface area (Å²) in [5, 5.41) is 6.55. The van der Waals surface area contributed by atoms with Crippen molar-refractivity contribution in [1.29, 1.82) is 0 Å². The first-order chi connectivity index (χ1) is 16.5. The van der Waals surface area contributed by atoms with Crippen LogP contribution in [0.1, 0.15) is 12.5 Å². The molecule has 1 aromatic heterocycles. The number of carbonyl (C=O) groups is 3. The fraction of sp³-hybridized carbons (Fsp3) is 0.320. The molecule has 0 radical (unpaired) electrons. The lowest BCUT2D eigenvalue weighted by atomic mass is 10.0. The number of morpholine rings is 1. The Morgan fingerprint density at radius 2 is 1.85 bits per heavy atom. The summed E-state index contributed by atoms with van der Waals surface area (Å²) in [6, 6.07) is 13.1. The number of fused-ring (bicyclic) bond motifs is 1. The maximum atomic E-state index is 13.0. The van der Waals surface area contributed by atoms with Gasteiger partial charge in [-0.25, -0.2) is 4.79 Å². The van der Waals surface area contributed by atoms with E-state index in [1.165, 1.54) is 0 Å². The van der Waals surface area contributed by atoms with E-state index in [4.69, 9.17) is 4.74 Å². The van der Waals surface area contributed by atoms with Crippen molar-refractivity contribution in [3.05, 3.63) is 60.3 Å². The van der Waals surface area contributed by atoms with Gasteiger partial charge in [0.1, 0.15) is 12.1 Å². The Morgan fingerprint density at radius 3 is 2.62 bits per heavy atom. The highest BCUT2D eigenvalue weighted by Crippen LogP contribution is 2.23. The summed E-state index contributed by atoms with van der Waals surface area (Å²) in [5.74, 6) is -0.823. The molecule has 3 heterocycles. The predicted octanol–water partition coefficient (Wildman–Crippen LogP) is 2.49. The Morgan fingerprint density at radius 1 is 1.12 bits per heavy atom. The molecule has 176 valence electrons. The molecule has 2 saturated heterocycles. The Bertz CT molecular complexity index is 1220. The SMILES string of the molecule is CC(C(=O)Nc1ccc(N2CCOCC2)cc1)N1C(=O)NC(Cc2c[nH]c3ccccc23)C1=O. The first-order valence-corrected chi connectivity index (χ1v) is 11.4. The smallest absolute Gasteiger partial charge is 0.325 e. The lowest BCUT2D eigenvalue weighted by Gasteiger charge is -2.29. The maximum Gasteiger partial charge on any atom is 0.325 e. The molecule has 3 aromatic rings. The Kier molecular flexibility index (Phi) is 5.93. The minimum absolute atomic E-state index is 0.350. The largest absolute Gasteiger partial charge is 0.378 e. The zero-order valence-electron chi connectivity index (χ0n) is 18.9. The van der Waals surface area contributed by atoms with Crippen LogP contribution < -0.4 is 15.5 Å². The van der Waals surface area contributed by atoms with Crippen molar-refractivity contribution < 1.29 is 19.1 Å². The number of nitrogens with one attached hydrogen (secondary N) is 3. The third kappa shape index (κ3) is 4.22.